The molecular formula is C31H49N5O7. The van der Waals surface area contributed by atoms with E-state index in [4.69, 9.17) is 10.5 Å². The van der Waals surface area contributed by atoms with Crippen LogP contribution in [0.4, 0.5) is 4.79 Å². The molecule has 1 unspecified atom stereocenters. The van der Waals surface area contributed by atoms with Crippen molar-refractivity contribution in [3.8, 4) is 0 Å². The molecular weight excluding hydrogens is 554 g/mol. The Morgan fingerprint density at radius 1 is 0.977 bits per heavy atom. The van der Waals surface area contributed by atoms with Crippen LogP contribution in [0.2, 0.25) is 0 Å². The molecule has 2 aliphatic carbocycles. The molecule has 5 N–H and O–H groups in total. The number of esters is 1. The highest BCUT2D eigenvalue weighted by atomic mass is 16.5. The molecule has 3 aliphatic rings. The summed E-state index contributed by atoms with van der Waals surface area (Å²) >= 11 is 0. The first-order valence-electron chi connectivity index (χ1n) is 15.0. The minimum Gasteiger partial charge on any atom is -0.460 e. The number of ether oxygens (including phenoxy) is 1. The Kier molecular flexibility index (Phi) is 9.72. The van der Waals surface area contributed by atoms with E-state index in [0.717, 1.165) is 12.8 Å². The molecule has 12 heteroatoms. The molecule has 1 saturated heterocycles. The van der Waals surface area contributed by atoms with Gasteiger partial charge in [0, 0.05) is 6.54 Å². The van der Waals surface area contributed by atoms with Gasteiger partial charge in [0.25, 0.3) is 5.91 Å². The molecule has 0 aromatic rings. The summed E-state index contributed by atoms with van der Waals surface area (Å²) in [5.74, 6) is -3.42. The van der Waals surface area contributed by atoms with Gasteiger partial charge in [0.15, 0.2) is 0 Å². The van der Waals surface area contributed by atoms with Crippen molar-refractivity contribution in [3.05, 3.63) is 12.7 Å². The van der Waals surface area contributed by atoms with Crippen molar-refractivity contribution in [2.75, 3.05) is 13.2 Å². The number of carbonyl (C=O) groups excluding carboxylic acids is 6. The number of amides is 5. The normalized spacial score (nSPS) is 24.5. The molecule has 1 aliphatic heterocycles. The number of fused-ring (bicyclic) bond motifs is 1. The number of carbonyl (C=O) groups is 6. The second kappa shape index (κ2) is 12.3. The summed E-state index contributed by atoms with van der Waals surface area (Å²) in [6.07, 6.45) is 3.57. The first-order valence-corrected chi connectivity index (χ1v) is 15.0. The zero-order valence-corrected chi connectivity index (χ0v) is 26.7. The fourth-order valence-corrected chi connectivity index (χ4v) is 6.13. The first kappa shape index (κ1) is 34.1. The lowest BCUT2D eigenvalue weighted by Crippen LogP contribution is -2.62. The summed E-state index contributed by atoms with van der Waals surface area (Å²) in [6, 6.07) is -4.73. The number of nitrogens with one attached hydrogen (secondary N) is 3. The summed E-state index contributed by atoms with van der Waals surface area (Å²) in [6.45, 7) is 18.6. The van der Waals surface area contributed by atoms with Crippen LogP contribution in [0.1, 0.15) is 74.7 Å². The second-order valence-corrected chi connectivity index (χ2v) is 15.0. The molecule has 0 spiro atoms. The third-order valence-corrected chi connectivity index (χ3v) is 9.01. The van der Waals surface area contributed by atoms with Crippen LogP contribution in [0, 0.1) is 34.0 Å². The maximum Gasteiger partial charge on any atom is 0.329 e. The number of likely N-dealkylation sites (tertiary alicyclic amines) is 1. The van der Waals surface area contributed by atoms with Gasteiger partial charge in [-0.1, -0.05) is 80.9 Å². The maximum absolute atomic E-state index is 14.2. The maximum atomic E-state index is 14.2. The Balaban J connectivity index is 1.82. The highest BCUT2D eigenvalue weighted by molar-refractivity contribution is 6.37. The van der Waals surface area contributed by atoms with Crippen molar-refractivity contribution < 1.29 is 33.5 Å². The standard InChI is InChI=1S/C31H49N5O7/c1-10-13-43-27(41)23(30(5,6)7)35-28(42)34-22(29(2,3)4)26(40)36-15-17-19(31(17,8)9)20(36)25(39)33-18(14-16-11-12-16)21(37)24(32)38/h10,16-20,22-23H,1,11-15H2,2-9H3,(H2,32,38)(H,33,39)(H2,34,35,42)/t17-,18?,19-,20-,22+,23+/m0/s1. The number of primary amides is 1. The summed E-state index contributed by atoms with van der Waals surface area (Å²) in [5, 5.41) is 8.15. The van der Waals surface area contributed by atoms with E-state index in [1.165, 1.54) is 11.0 Å². The van der Waals surface area contributed by atoms with Crippen LogP contribution in [0.3, 0.4) is 0 Å². The van der Waals surface area contributed by atoms with E-state index in [2.05, 4.69) is 22.5 Å². The molecule has 6 atom stereocenters. The third kappa shape index (κ3) is 7.75. The minimum atomic E-state index is -1.11. The molecule has 0 bridgehead atoms. The largest absolute Gasteiger partial charge is 0.460 e. The number of hydrogen-bond donors (Lipinski definition) is 4. The Labute approximate surface area is 254 Å². The molecule has 1 heterocycles. The van der Waals surface area contributed by atoms with E-state index in [9.17, 15) is 28.8 Å². The van der Waals surface area contributed by atoms with Crippen molar-refractivity contribution in [2.45, 2.75) is 98.8 Å². The zero-order chi connectivity index (χ0) is 32.7. The number of Topliss-reactive ketones (excluding diaryl/α,β-unsaturated/α-hetero) is 1. The Morgan fingerprint density at radius 3 is 2.02 bits per heavy atom. The lowest BCUT2D eigenvalue weighted by molar-refractivity contribution is -0.147. The Hall–Kier alpha value is -3.44. The number of urea groups is 1. The summed E-state index contributed by atoms with van der Waals surface area (Å²) in [7, 11) is 0. The van der Waals surface area contributed by atoms with Gasteiger partial charge >= 0.3 is 12.0 Å². The van der Waals surface area contributed by atoms with Crippen LogP contribution in [0.5, 0.6) is 0 Å². The monoisotopic (exact) mass is 603 g/mol. The number of hydrogen-bond acceptors (Lipinski definition) is 7. The van der Waals surface area contributed by atoms with Crippen molar-refractivity contribution >= 4 is 35.5 Å². The SMILES string of the molecule is C=CCOC(=O)[C@@H](NC(=O)N[C@H](C(=O)N1C[C@H]2[C@@H]([C@H]1C(=O)NC(CC1CC1)C(=O)C(N)=O)C2(C)C)C(C)(C)C)C(C)(C)C. The van der Waals surface area contributed by atoms with Crippen LogP contribution >= 0.6 is 0 Å². The van der Waals surface area contributed by atoms with Gasteiger partial charge < -0.3 is 31.3 Å². The fourth-order valence-electron chi connectivity index (χ4n) is 6.13. The Morgan fingerprint density at radius 2 is 1.53 bits per heavy atom. The van der Waals surface area contributed by atoms with Gasteiger partial charge in [-0.25, -0.2) is 9.59 Å². The van der Waals surface area contributed by atoms with Crippen molar-refractivity contribution in [1.29, 1.82) is 0 Å². The molecule has 12 nitrogen and oxygen atoms in total. The molecule has 3 rings (SSSR count). The summed E-state index contributed by atoms with van der Waals surface area (Å²) in [5.41, 5.74) is 3.61. The molecule has 0 radical (unpaired) electrons. The summed E-state index contributed by atoms with van der Waals surface area (Å²) in [4.78, 5) is 79.6. The smallest absolute Gasteiger partial charge is 0.329 e. The number of nitrogens with two attached hydrogens (primary N) is 1. The lowest BCUT2D eigenvalue weighted by atomic mass is 9.85. The fraction of sp³-hybridized carbons (Fsp3) is 0.742. The summed E-state index contributed by atoms with van der Waals surface area (Å²) < 4.78 is 5.18. The van der Waals surface area contributed by atoms with Gasteiger partial charge in [0.1, 0.15) is 24.7 Å². The zero-order valence-electron chi connectivity index (χ0n) is 26.7. The van der Waals surface area contributed by atoms with Gasteiger partial charge in [-0.3, -0.25) is 19.2 Å². The van der Waals surface area contributed by atoms with E-state index in [-0.39, 0.29) is 29.8 Å². The quantitative estimate of drug-likeness (QED) is 0.149. The molecule has 240 valence electrons. The number of ketones is 1. The topological polar surface area (TPSA) is 177 Å². The van der Waals surface area contributed by atoms with Crippen molar-refractivity contribution in [1.82, 2.24) is 20.9 Å². The Bertz CT molecular complexity index is 1160. The number of nitrogens with zero attached hydrogens (tertiary/aromatic N) is 1. The molecule has 0 aromatic carbocycles. The lowest BCUT2D eigenvalue weighted by Gasteiger charge is -2.38. The van der Waals surface area contributed by atoms with Crippen molar-refractivity contribution in [3.63, 3.8) is 0 Å². The van der Waals surface area contributed by atoms with Crippen LogP contribution in [-0.4, -0.2) is 77.7 Å². The highest BCUT2D eigenvalue weighted by Crippen LogP contribution is 2.65. The predicted molar refractivity (Wildman–Crippen MR) is 159 cm³/mol. The first-order chi connectivity index (χ1) is 19.7. The minimum absolute atomic E-state index is 0.0124. The molecule has 5 amide bonds. The molecule has 2 saturated carbocycles. The van der Waals surface area contributed by atoms with Gasteiger partial charge in [-0.15, -0.1) is 0 Å². The molecule has 0 aromatic heterocycles. The van der Waals surface area contributed by atoms with E-state index in [1.807, 2.05) is 13.8 Å². The van der Waals surface area contributed by atoms with E-state index in [0.29, 0.717) is 13.0 Å². The average molecular weight is 604 g/mol. The second-order valence-electron chi connectivity index (χ2n) is 15.0. The van der Waals surface area contributed by atoms with Crippen LogP contribution < -0.4 is 21.7 Å². The predicted octanol–water partition coefficient (Wildman–Crippen LogP) is 1.67. The van der Waals surface area contributed by atoms with E-state index >= 15 is 0 Å². The van der Waals surface area contributed by atoms with Crippen molar-refractivity contribution in [2.24, 2.45) is 39.7 Å². The van der Waals surface area contributed by atoms with Crippen LogP contribution in [0.25, 0.3) is 0 Å². The number of piperidine rings is 1. The molecule has 43 heavy (non-hydrogen) atoms. The van der Waals surface area contributed by atoms with E-state index < -0.39 is 70.5 Å². The van der Waals surface area contributed by atoms with Gasteiger partial charge in [-0.05, 0) is 40.4 Å². The van der Waals surface area contributed by atoms with Gasteiger partial charge in [-0.2, -0.15) is 0 Å². The van der Waals surface area contributed by atoms with Crippen LogP contribution in [0.15, 0.2) is 12.7 Å². The van der Waals surface area contributed by atoms with Gasteiger partial charge in [0.05, 0.1) is 6.04 Å². The van der Waals surface area contributed by atoms with E-state index in [1.54, 1.807) is 41.5 Å². The molecule has 3 fully saturated rings. The average Bonchev–Trinajstić information content (AvgIpc) is 3.73. The van der Waals surface area contributed by atoms with Crippen LogP contribution in [-0.2, 0) is 28.7 Å². The third-order valence-electron chi connectivity index (χ3n) is 9.01. The number of rotatable bonds is 12. The van der Waals surface area contributed by atoms with Gasteiger partial charge in [0.2, 0.25) is 17.6 Å². The highest BCUT2D eigenvalue weighted by Gasteiger charge is 2.70.